The van der Waals surface area contributed by atoms with Crippen LogP contribution in [0.1, 0.15) is 55.3 Å². The van der Waals surface area contributed by atoms with Crippen LogP contribution in [0.4, 0.5) is 0 Å². The Hall–Kier alpha value is -2.92. The SMILES string of the molecule is CCCCOc1ccc([C@H]2Oc3ccc(Cl)cc3[C@H]3CC(c4ccco4)=NN32)cc1. The van der Waals surface area contributed by atoms with Gasteiger partial charge >= 0.3 is 0 Å². The Morgan fingerprint density at radius 3 is 2.80 bits per heavy atom. The lowest BCUT2D eigenvalue weighted by molar-refractivity contribution is -0.0190. The largest absolute Gasteiger partial charge is 0.494 e. The standard InChI is InChI=1S/C24H23ClN2O3/c1-2-3-12-28-18-9-6-16(7-10-18)24-27-21(15-20(26-27)23-5-4-13-29-23)19-14-17(25)8-11-22(19)30-24/h4-11,13-14,21,24H,2-3,12,15H2,1H3/t21-,24-/m1/s1. The van der Waals surface area contributed by atoms with Crippen LogP contribution in [0.3, 0.4) is 0 Å². The Bertz CT molecular complexity index is 1050. The summed E-state index contributed by atoms with van der Waals surface area (Å²) in [7, 11) is 0. The summed E-state index contributed by atoms with van der Waals surface area (Å²) < 4.78 is 17.8. The van der Waals surface area contributed by atoms with Crippen molar-refractivity contribution in [3.8, 4) is 11.5 Å². The minimum Gasteiger partial charge on any atom is -0.494 e. The van der Waals surface area contributed by atoms with E-state index >= 15 is 0 Å². The van der Waals surface area contributed by atoms with Gasteiger partial charge in [0, 0.05) is 22.6 Å². The first-order valence-corrected chi connectivity index (χ1v) is 10.7. The number of hydrogen-bond donors (Lipinski definition) is 0. The molecule has 0 unspecified atom stereocenters. The zero-order valence-electron chi connectivity index (χ0n) is 16.8. The summed E-state index contributed by atoms with van der Waals surface area (Å²) in [6.45, 7) is 2.89. The van der Waals surface area contributed by atoms with E-state index in [4.69, 9.17) is 30.6 Å². The topological polar surface area (TPSA) is 47.2 Å². The first kappa shape index (κ1) is 19.1. The Morgan fingerprint density at radius 1 is 1.17 bits per heavy atom. The van der Waals surface area contributed by atoms with Crippen molar-refractivity contribution in [2.24, 2.45) is 5.10 Å². The highest BCUT2D eigenvalue weighted by Gasteiger charge is 2.41. The summed E-state index contributed by atoms with van der Waals surface area (Å²) in [5.41, 5.74) is 2.97. The van der Waals surface area contributed by atoms with Gasteiger partial charge in [0.15, 0.2) is 0 Å². The number of fused-ring (bicyclic) bond motifs is 3. The number of nitrogens with zero attached hydrogens (tertiary/aromatic N) is 2. The highest BCUT2D eigenvalue weighted by atomic mass is 35.5. The zero-order valence-corrected chi connectivity index (χ0v) is 17.5. The molecule has 0 aliphatic carbocycles. The first-order valence-electron chi connectivity index (χ1n) is 10.3. The summed E-state index contributed by atoms with van der Waals surface area (Å²) >= 11 is 6.28. The molecule has 6 heteroatoms. The van der Waals surface area contributed by atoms with Crippen LogP contribution in [-0.2, 0) is 0 Å². The van der Waals surface area contributed by atoms with Crippen molar-refractivity contribution < 1.29 is 13.9 Å². The second-order valence-electron chi connectivity index (χ2n) is 7.55. The van der Waals surface area contributed by atoms with Gasteiger partial charge in [-0.25, -0.2) is 5.01 Å². The molecule has 30 heavy (non-hydrogen) atoms. The van der Waals surface area contributed by atoms with Gasteiger partial charge in [-0.3, -0.25) is 0 Å². The van der Waals surface area contributed by atoms with Crippen LogP contribution >= 0.6 is 11.6 Å². The van der Waals surface area contributed by atoms with Crippen LogP contribution in [0.15, 0.2) is 70.4 Å². The van der Waals surface area contributed by atoms with E-state index in [1.165, 1.54) is 0 Å². The van der Waals surface area contributed by atoms with Crippen molar-refractivity contribution in [1.29, 1.82) is 0 Å². The number of halogens is 1. The zero-order chi connectivity index (χ0) is 20.5. The molecule has 2 aliphatic heterocycles. The van der Waals surface area contributed by atoms with E-state index in [9.17, 15) is 0 Å². The second kappa shape index (κ2) is 8.07. The Kier molecular flexibility index (Phi) is 5.13. The van der Waals surface area contributed by atoms with Gasteiger partial charge in [-0.05, 0) is 61.0 Å². The van der Waals surface area contributed by atoms with Gasteiger partial charge in [0.1, 0.15) is 23.0 Å². The van der Waals surface area contributed by atoms with Crippen LogP contribution in [0.5, 0.6) is 11.5 Å². The van der Waals surface area contributed by atoms with E-state index in [-0.39, 0.29) is 12.3 Å². The molecule has 0 bridgehead atoms. The molecule has 0 spiro atoms. The van der Waals surface area contributed by atoms with Crippen LogP contribution in [0, 0.1) is 0 Å². The van der Waals surface area contributed by atoms with Crippen molar-refractivity contribution in [2.75, 3.05) is 6.61 Å². The number of benzene rings is 2. The third-order valence-electron chi connectivity index (χ3n) is 5.49. The number of ether oxygens (including phenoxy) is 2. The summed E-state index contributed by atoms with van der Waals surface area (Å²) in [5, 5.41) is 7.59. The third kappa shape index (κ3) is 3.54. The van der Waals surface area contributed by atoms with Crippen molar-refractivity contribution >= 4 is 17.3 Å². The lowest BCUT2D eigenvalue weighted by atomic mass is 9.97. The Morgan fingerprint density at radius 2 is 2.03 bits per heavy atom. The molecule has 1 aromatic heterocycles. The molecular weight excluding hydrogens is 400 g/mol. The number of hydrazone groups is 1. The van der Waals surface area contributed by atoms with E-state index in [1.54, 1.807) is 6.26 Å². The molecule has 0 saturated carbocycles. The van der Waals surface area contributed by atoms with Gasteiger partial charge < -0.3 is 13.9 Å². The molecule has 3 heterocycles. The second-order valence-corrected chi connectivity index (χ2v) is 7.98. The summed E-state index contributed by atoms with van der Waals surface area (Å²) in [6, 6.07) is 17.7. The quantitative estimate of drug-likeness (QED) is 0.434. The lowest BCUT2D eigenvalue weighted by Crippen LogP contribution is -2.33. The minimum atomic E-state index is -0.333. The van der Waals surface area contributed by atoms with Gasteiger partial charge in [0.25, 0.3) is 0 Å². The fourth-order valence-corrected chi connectivity index (χ4v) is 4.11. The fourth-order valence-electron chi connectivity index (χ4n) is 3.93. The Labute approximate surface area is 180 Å². The molecule has 0 fully saturated rings. The smallest absolute Gasteiger partial charge is 0.213 e. The average Bonchev–Trinajstić information content (AvgIpc) is 3.44. The van der Waals surface area contributed by atoms with Gasteiger partial charge in [-0.1, -0.05) is 24.9 Å². The monoisotopic (exact) mass is 422 g/mol. The average molecular weight is 423 g/mol. The lowest BCUT2D eigenvalue weighted by Gasteiger charge is -2.38. The van der Waals surface area contributed by atoms with Crippen molar-refractivity contribution in [3.63, 3.8) is 0 Å². The molecule has 154 valence electrons. The number of furan rings is 1. The summed E-state index contributed by atoms with van der Waals surface area (Å²) in [5.74, 6) is 2.49. The van der Waals surface area contributed by atoms with Crippen molar-refractivity contribution in [3.05, 3.63) is 82.8 Å². The molecule has 0 radical (unpaired) electrons. The van der Waals surface area contributed by atoms with Crippen LogP contribution < -0.4 is 9.47 Å². The highest BCUT2D eigenvalue weighted by Crippen LogP contribution is 2.48. The van der Waals surface area contributed by atoms with Gasteiger partial charge in [-0.15, -0.1) is 0 Å². The van der Waals surface area contributed by atoms with E-state index in [2.05, 4.69) is 6.92 Å². The maximum Gasteiger partial charge on any atom is 0.213 e. The van der Waals surface area contributed by atoms with E-state index in [1.807, 2.05) is 59.6 Å². The molecule has 2 aromatic carbocycles. The minimum absolute atomic E-state index is 0.0398. The van der Waals surface area contributed by atoms with E-state index < -0.39 is 0 Å². The van der Waals surface area contributed by atoms with Crippen LogP contribution in [0.25, 0.3) is 0 Å². The van der Waals surface area contributed by atoms with Gasteiger partial charge in [0.05, 0.1) is 18.9 Å². The van der Waals surface area contributed by atoms with Crippen molar-refractivity contribution in [1.82, 2.24) is 5.01 Å². The molecule has 2 atom stereocenters. The van der Waals surface area contributed by atoms with E-state index in [0.29, 0.717) is 5.02 Å². The first-order chi connectivity index (χ1) is 14.7. The summed E-state index contributed by atoms with van der Waals surface area (Å²) in [6.07, 6.45) is 4.24. The number of rotatable bonds is 6. The molecule has 0 saturated heterocycles. The highest BCUT2D eigenvalue weighted by molar-refractivity contribution is 6.30. The fraction of sp³-hybridized carbons (Fsp3) is 0.292. The number of hydrogen-bond acceptors (Lipinski definition) is 5. The molecule has 0 amide bonds. The summed E-state index contributed by atoms with van der Waals surface area (Å²) in [4.78, 5) is 0. The van der Waals surface area contributed by atoms with Gasteiger partial charge in [-0.2, -0.15) is 5.10 Å². The maximum absolute atomic E-state index is 6.38. The third-order valence-corrected chi connectivity index (χ3v) is 5.72. The maximum atomic E-state index is 6.38. The predicted octanol–water partition coefficient (Wildman–Crippen LogP) is 6.35. The molecule has 0 N–H and O–H groups in total. The van der Waals surface area contributed by atoms with Crippen LogP contribution in [-0.4, -0.2) is 17.3 Å². The molecule has 5 rings (SSSR count). The normalized spacial score (nSPS) is 19.7. The predicted molar refractivity (Wildman–Crippen MR) is 116 cm³/mol. The number of unbranched alkanes of at least 4 members (excludes halogenated alkanes) is 1. The Balaban J connectivity index is 1.47. The van der Waals surface area contributed by atoms with Gasteiger partial charge in [0.2, 0.25) is 6.23 Å². The molecule has 3 aromatic rings. The molecular formula is C24H23ClN2O3. The molecule has 2 aliphatic rings. The van der Waals surface area contributed by atoms with Crippen LogP contribution in [0.2, 0.25) is 5.02 Å². The van der Waals surface area contributed by atoms with E-state index in [0.717, 1.165) is 60.0 Å². The molecule has 5 nitrogen and oxygen atoms in total. The van der Waals surface area contributed by atoms with Crippen molar-refractivity contribution in [2.45, 2.75) is 38.5 Å².